The van der Waals surface area contributed by atoms with Crippen LogP contribution in [0.5, 0.6) is 0 Å². The highest BCUT2D eigenvalue weighted by Crippen LogP contribution is 2.13. The summed E-state index contributed by atoms with van der Waals surface area (Å²) in [6, 6.07) is -2.23. The van der Waals surface area contributed by atoms with Crippen LogP contribution in [-0.4, -0.2) is 69.2 Å². The van der Waals surface area contributed by atoms with Gasteiger partial charge in [-0.05, 0) is 6.42 Å². The standard InChI is InChI=1S/C11H16N2O7/c14-8(15)2-1-6-10(18)13(4-3-12-6)7(11(19)20)5-9(16)17/h6-7,12H,1-5H2,(H,14,15)(H,16,17)(H,19,20). The summed E-state index contributed by atoms with van der Waals surface area (Å²) in [5.41, 5.74) is 0. The number of hydrogen-bond donors (Lipinski definition) is 4. The zero-order valence-electron chi connectivity index (χ0n) is 10.6. The lowest BCUT2D eigenvalue weighted by Gasteiger charge is -2.36. The molecule has 0 bridgehead atoms. The maximum atomic E-state index is 12.1. The molecule has 1 rings (SSSR count). The molecule has 2 atom stereocenters. The summed E-state index contributed by atoms with van der Waals surface area (Å²) >= 11 is 0. The number of aliphatic carboxylic acids is 3. The van der Waals surface area contributed by atoms with Gasteiger partial charge in [-0.25, -0.2) is 4.79 Å². The molecule has 0 radical (unpaired) electrons. The Bertz CT molecular complexity index is 423. The summed E-state index contributed by atoms with van der Waals surface area (Å²) in [5.74, 6) is -4.34. The topological polar surface area (TPSA) is 144 Å². The molecule has 1 heterocycles. The molecule has 1 fully saturated rings. The molecule has 0 spiro atoms. The summed E-state index contributed by atoms with van der Waals surface area (Å²) < 4.78 is 0. The molecule has 9 nitrogen and oxygen atoms in total. The van der Waals surface area contributed by atoms with Crippen LogP contribution in [0.15, 0.2) is 0 Å². The van der Waals surface area contributed by atoms with Crippen molar-refractivity contribution in [1.82, 2.24) is 10.2 Å². The van der Waals surface area contributed by atoms with Gasteiger partial charge in [-0.2, -0.15) is 0 Å². The number of rotatable bonds is 7. The Morgan fingerprint density at radius 1 is 1.25 bits per heavy atom. The van der Waals surface area contributed by atoms with Crippen LogP contribution in [0.4, 0.5) is 0 Å². The van der Waals surface area contributed by atoms with Crippen molar-refractivity contribution in [2.75, 3.05) is 13.1 Å². The molecule has 9 heteroatoms. The quantitative estimate of drug-likeness (QED) is 0.446. The lowest BCUT2D eigenvalue weighted by Crippen LogP contribution is -2.60. The summed E-state index contributed by atoms with van der Waals surface area (Å²) in [6.45, 7) is 0.367. The number of carbonyl (C=O) groups excluding carboxylic acids is 1. The maximum absolute atomic E-state index is 12.1. The Kier molecular flexibility index (Phi) is 5.44. The largest absolute Gasteiger partial charge is 0.481 e. The van der Waals surface area contributed by atoms with Crippen molar-refractivity contribution < 1.29 is 34.5 Å². The van der Waals surface area contributed by atoms with Crippen molar-refractivity contribution >= 4 is 23.8 Å². The number of carboxylic acids is 3. The average Bonchev–Trinajstić information content (AvgIpc) is 2.34. The molecule has 20 heavy (non-hydrogen) atoms. The van der Waals surface area contributed by atoms with Gasteiger partial charge in [0.2, 0.25) is 5.91 Å². The van der Waals surface area contributed by atoms with Gasteiger partial charge in [-0.15, -0.1) is 0 Å². The van der Waals surface area contributed by atoms with Gasteiger partial charge in [0.25, 0.3) is 0 Å². The molecule has 112 valence electrons. The van der Waals surface area contributed by atoms with E-state index in [4.69, 9.17) is 15.3 Å². The Morgan fingerprint density at radius 2 is 1.90 bits per heavy atom. The summed E-state index contributed by atoms with van der Waals surface area (Å²) in [7, 11) is 0. The zero-order chi connectivity index (χ0) is 15.3. The maximum Gasteiger partial charge on any atom is 0.327 e. The van der Waals surface area contributed by atoms with Crippen LogP contribution in [0.2, 0.25) is 0 Å². The van der Waals surface area contributed by atoms with Gasteiger partial charge in [0, 0.05) is 19.5 Å². The van der Waals surface area contributed by atoms with Crippen LogP contribution in [0.3, 0.4) is 0 Å². The van der Waals surface area contributed by atoms with Gasteiger partial charge in [0.15, 0.2) is 0 Å². The van der Waals surface area contributed by atoms with E-state index in [9.17, 15) is 19.2 Å². The number of hydrogen-bond acceptors (Lipinski definition) is 5. The van der Waals surface area contributed by atoms with E-state index in [1.54, 1.807) is 0 Å². The average molecular weight is 288 g/mol. The van der Waals surface area contributed by atoms with E-state index in [1.807, 2.05) is 0 Å². The third kappa shape index (κ3) is 4.19. The van der Waals surface area contributed by atoms with E-state index < -0.39 is 42.3 Å². The van der Waals surface area contributed by atoms with Crippen molar-refractivity contribution in [2.24, 2.45) is 0 Å². The fourth-order valence-electron chi connectivity index (χ4n) is 2.06. The Morgan fingerprint density at radius 3 is 2.40 bits per heavy atom. The number of carboxylic acid groups (broad SMARTS) is 3. The normalized spacial score (nSPS) is 20.5. The van der Waals surface area contributed by atoms with Crippen LogP contribution in [0.1, 0.15) is 19.3 Å². The second-order valence-corrected chi connectivity index (χ2v) is 4.42. The SMILES string of the molecule is O=C(O)CCC1NCCN(C(CC(=O)O)C(=O)O)C1=O. The minimum atomic E-state index is -1.44. The van der Waals surface area contributed by atoms with Crippen molar-refractivity contribution in [3.63, 3.8) is 0 Å². The third-order valence-electron chi connectivity index (χ3n) is 3.00. The van der Waals surface area contributed by atoms with E-state index in [1.165, 1.54) is 0 Å². The Hall–Kier alpha value is -2.16. The van der Waals surface area contributed by atoms with Crippen molar-refractivity contribution in [3.05, 3.63) is 0 Å². The molecule has 0 aromatic carbocycles. The Balaban J connectivity index is 2.77. The highest BCUT2D eigenvalue weighted by molar-refractivity contribution is 5.90. The van der Waals surface area contributed by atoms with Crippen molar-refractivity contribution in [2.45, 2.75) is 31.3 Å². The molecule has 1 aliphatic rings. The molecule has 0 aliphatic carbocycles. The molecular weight excluding hydrogens is 272 g/mol. The number of piperazine rings is 1. The highest BCUT2D eigenvalue weighted by Gasteiger charge is 2.37. The molecule has 2 unspecified atom stereocenters. The first-order chi connectivity index (χ1) is 9.32. The Labute approximate surface area is 114 Å². The van der Waals surface area contributed by atoms with Gasteiger partial charge < -0.3 is 25.5 Å². The molecule has 1 amide bonds. The van der Waals surface area contributed by atoms with Gasteiger partial charge in [0.05, 0.1) is 12.5 Å². The van der Waals surface area contributed by atoms with Gasteiger partial charge in [0.1, 0.15) is 6.04 Å². The van der Waals surface area contributed by atoms with Gasteiger partial charge in [-0.3, -0.25) is 14.4 Å². The number of amides is 1. The molecule has 0 aromatic rings. The van der Waals surface area contributed by atoms with Crippen molar-refractivity contribution in [1.29, 1.82) is 0 Å². The smallest absolute Gasteiger partial charge is 0.327 e. The van der Waals surface area contributed by atoms with E-state index >= 15 is 0 Å². The van der Waals surface area contributed by atoms with Crippen LogP contribution < -0.4 is 5.32 Å². The molecule has 1 aliphatic heterocycles. The minimum Gasteiger partial charge on any atom is -0.481 e. The van der Waals surface area contributed by atoms with Gasteiger partial charge >= 0.3 is 17.9 Å². The van der Waals surface area contributed by atoms with E-state index in [0.717, 1.165) is 4.90 Å². The first-order valence-corrected chi connectivity index (χ1v) is 6.03. The number of carbonyl (C=O) groups is 4. The first-order valence-electron chi connectivity index (χ1n) is 6.03. The minimum absolute atomic E-state index is 0.0318. The van der Waals surface area contributed by atoms with E-state index in [2.05, 4.69) is 5.32 Å². The van der Waals surface area contributed by atoms with E-state index in [-0.39, 0.29) is 19.4 Å². The fourth-order valence-corrected chi connectivity index (χ4v) is 2.06. The molecule has 4 N–H and O–H groups in total. The molecule has 1 saturated heterocycles. The number of nitrogens with one attached hydrogen (secondary N) is 1. The number of nitrogens with zero attached hydrogens (tertiary/aromatic N) is 1. The second kappa shape index (κ2) is 6.85. The third-order valence-corrected chi connectivity index (χ3v) is 3.00. The van der Waals surface area contributed by atoms with Crippen molar-refractivity contribution in [3.8, 4) is 0 Å². The van der Waals surface area contributed by atoms with Crippen LogP contribution in [-0.2, 0) is 19.2 Å². The van der Waals surface area contributed by atoms with Crippen LogP contribution in [0.25, 0.3) is 0 Å². The summed E-state index contributed by atoms with van der Waals surface area (Å²) in [4.78, 5) is 45.3. The predicted molar refractivity (Wildman–Crippen MR) is 64.1 cm³/mol. The summed E-state index contributed by atoms with van der Waals surface area (Å²) in [6.07, 6.45) is -0.884. The summed E-state index contributed by atoms with van der Waals surface area (Å²) in [5, 5.41) is 29.1. The fraction of sp³-hybridized carbons (Fsp3) is 0.636. The first kappa shape index (κ1) is 15.9. The molecule has 0 aromatic heterocycles. The predicted octanol–water partition coefficient (Wildman–Crippen LogP) is -1.42. The van der Waals surface area contributed by atoms with Gasteiger partial charge in [-0.1, -0.05) is 0 Å². The highest BCUT2D eigenvalue weighted by atomic mass is 16.4. The lowest BCUT2D eigenvalue weighted by molar-refractivity contribution is -0.156. The van der Waals surface area contributed by atoms with E-state index in [0.29, 0.717) is 6.54 Å². The molecule has 0 saturated carbocycles. The monoisotopic (exact) mass is 288 g/mol. The molecular formula is C11H16N2O7. The van der Waals surface area contributed by atoms with Crippen LogP contribution >= 0.6 is 0 Å². The zero-order valence-corrected chi connectivity index (χ0v) is 10.6. The lowest BCUT2D eigenvalue weighted by atomic mass is 10.0. The second-order valence-electron chi connectivity index (χ2n) is 4.42. The van der Waals surface area contributed by atoms with Crippen LogP contribution in [0, 0.1) is 0 Å².